The van der Waals surface area contributed by atoms with Gasteiger partial charge < -0.3 is 0 Å². The van der Waals surface area contributed by atoms with E-state index in [1.807, 2.05) is 6.07 Å². The second-order valence-corrected chi connectivity index (χ2v) is 7.54. The first-order valence-corrected chi connectivity index (χ1v) is 8.67. The molecule has 3 aromatic rings. The van der Waals surface area contributed by atoms with E-state index in [1.165, 1.54) is 27.1 Å². The summed E-state index contributed by atoms with van der Waals surface area (Å²) in [6, 6.07) is 5.36. The largest absolute Gasteiger partial charge is 0.279 e. The van der Waals surface area contributed by atoms with Gasteiger partial charge in [0.25, 0.3) is 10.0 Å². The zero-order valence-corrected chi connectivity index (χ0v) is 13.4. The molecule has 3 rings (SSSR count). The van der Waals surface area contributed by atoms with Gasteiger partial charge in [-0.25, -0.2) is 13.4 Å². The van der Waals surface area contributed by atoms with Crippen LogP contribution in [0.2, 0.25) is 5.15 Å². The van der Waals surface area contributed by atoms with Crippen LogP contribution in [0, 0.1) is 0 Å². The van der Waals surface area contributed by atoms with Gasteiger partial charge in [-0.1, -0.05) is 17.7 Å². The third-order valence-electron chi connectivity index (χ3n) is 2.94. The van der Waals surface area contributed by atoms with Gasteiger partial charge in [-0.05, 0) is 12.1 Å². The molecule has 0 aliphatic rings. The molecule has 0 bridgehead atoms. The number of thiazole rings is 1. The molecule has 21 heavy (non-hydrogen) atoms. The Labute approximate surface area is 130 Å². The van der Waals surface area contributed by atoms with Gasteiger partial charge in [0, 0.05) is 24.8 Å². The average Bonchev–Trinajstić information content (AvgIpc) is 2.99. The van der Waals surface area contributed by atoms with Crippen LogP contribution in [-0.4, -0.2) is 34.1 Å². The summed E-state index contributed by atoms with van der Waals surface area (Å²) < 4.78 is 28.1. The molecule has 6 nitrogen and oxygen atoms in total. The van der Waals surface area contributed by atoms with Crippen molar-refractivity contribution in [2.45, 2.75) is 11.6 Å². The number of aromatic nitrogens is 3. The Kier molecular flexibility index (Phi) is 3.70. The van der Waals surface area contributed by atoms with E-state index in [9.17, 15) is 8.42 Å². The molecule has 3 aromatic heterocycles. The molecular weight excluding hydrogens is 332 g/mol. The Morgan fingerprint density at radius 2 is 2.24 bits per heavy atom. The lowest BCUT2D eigenvalue weighted by molar-refractivity contribution is 0.459. The molecule has 110 valence electrons. The molecule has 0 fully saturated rings. The predicted molar refractivity (Wildman–Crippen MR) is 81.0 cm³/mol. The van der Waals surface area contributed by atoms with E-state index in [2.05, 4.69) is 9.97 Å². The summed E-state index contributed by atoms with van der Waals surface area (Å²) in [4.78, 5) is 8.73. The molecule has 0 N–H and O–H groups in total. The number of hydrogen-bond acceptors (Lipinski definition) is 5. The van der Waals surface area contributed by atoms with Crippen LogP contribution < -0.4 is 0 Å². The first-order chi connectivity index (χ1) is 10.00. The highest BCUT2D eigenvalue weighted by Gasteiger charge is 2.29. The molecule has 0 saturated heterocycles. The summed E-state index contributed by atoms with van der Waals surface area (Å²) >= 11 is 7.32. The molecule has 0 unspecified atom stereocenters. The molecule has 9 heteroatoms. The number of sulfonamides is 1. The predicted octanol–water partition coefficient (Wildman–Crippen LogP) is 2.26. The van der Waals surface area contributed by atoms with E-state index < -0.39 is 10.0 Å². The maximum atomic E-state index is 12.7. The SMILES string of the molecule is CN(Cc1ccccn1)S(=O)(=O)c1c(Cl)nc2sccn12. The lowest BCUT2D eigenvalue weighted by Crippen LogP contribution is -2.28. The quantitative estimate of drug-likeness (QED) is 0.729. The molecule has 0 amide bonds. The summed E-state index contributed by atoms with van der Waals surface area (Å²) in [5.74, 6) is 0. The number of nitrogens with zero attached hydrogens (tertiary/aromatic N) is 4. The third-order valence-corrected chi connectivity index (χ3v) is 5.90. The van der Waals surface area contributed by atoms with E-state index >= 15 is 0 Å². The highest BCUT2D eigenvalue weighted by atomic mass is 35.5. The molecule has 0 atom stereocenters. The maximum Gasteiger partial charge on any atom is 0.262 e. The Hall–Kier alpha value is -1.48. The molecule has 0 spiro atoms. The maximum absolute atomic E-state index is 12.7. The minimum Gasteiger partial charge on any atom is -0.279 e. The fraction of sp³-hybridized carbons (Fsp3) is 0.167. The number of rotatable bonds is 4. The lowest BCUT2D eigenvalue weighted by atomic mass is 10.3. The van der Waals surface area contributed by atoms with Gasteiger partial charge in [0.1, 0.15) is 0 Å². The summed E-state index contributed by atoms with van der Waals surface area (Å²) in [6.45, 7) is 0.164. The van der Waals surface area contributed by atoms with E-state index in [1.54, 1.807) is 29.9 Å². The Morgan fingerprint density at radius 3 is 2.95 bits per heavy atom. The molecule has 0 aliphatic heterocycles. The van der Waals surface area contributed by atoms with Crippen molar-refractivity contribution in [2.24, 2.45) is 0 Å². The van der Waals surface area contributed by atoms with Crippen molar-refractivity contribution in [3.8, 4) is 0 Å². The van der Waals surface area contributed by atoms with Crippen molar-refractivity contribution < 1.29 is 8.42 Å². The van der Waals surface area contributed by atoms with Gasteiger partial charge in [-0.15, -0.1) is 11.3 Å². The topological polar surface area (TPSA) is 67.6 Å². The molecule has 3 heterocycles. The average molecular weight is 343 g/mol. The highest BCUT2D eigenvalue weighted by molar-refractivity contribution is 7.89. The van der Waals surface area contributed by atoms with Crippen LogP contribution in [0.4, 0.5) is 0 Å². The van der Waals surface area contributed by atoms with Crippen LogP contribution in [0.15, 0.2) is 41.0 Å². The third kappa shape index (κ3) is 2.55. The molecule has 0 aromatic carbocycles. The van der Waals surface area contributed by atoms with Crippen LogP contribution >= 0.6 is 22.9 Å². The van der Waals surface area contributed by atoms with Gasteiger partial charge in [0.2, 0.25) is 0 Å². The summed E-state index contributed by atoms with van der Waals surface area (Å²) in [5.41, 5.74) is 0.658. The van der Waals surface area contributed by atoms with Crippen LogP contribution in [0.3, 0.4) is 0 Å². The number of imidazole rings is 1. The highest BCUT2D eigenvalue weighted by Crippen LogP contribution is 2.27. The fourth-order valence-corrected chi connectivity index (χ4v) is 4.46. The Balaban J connectivity index is 2.00. The van der Waals surface area contributed by atoms with Gasteiger partial charge in [0.15, 0.2) is 15.1 Å². The second kappa shape index (κ2) is 5.38. The Bertz CT molecular complexity index is 873. The molecule has 0 aliphatic carbocycles. The first kappa shape index (κ1) is 14.5. The van der Waals surface area contributed by atoms with E-state index in [-0.39, 0.29) is 16.7 Å². The van der Waals surface area contributed by atoms with E-state index in [4.69, 9.17) is 11.6 Å². The van der Waals surface area contributed by atoms with Crippen LogP contribution in [0.1, 0.15) is 5.69 Å². The van der Waals surface area contributed by atoms with Gasteiger partial charge >= 0.3 is 0 Å². The van der Waals surface area contributed by atoms with E-state index in [0.29, 0.717) is 10.7 Å². The molecule has 0 radical (unpaired) electrons. The van der Waals surface area contributed by atoms with Gasteiger partial charge in [0.05, 0.1) is 12.2 Å². The summed E-state index contributed by atoms with van der Waals surface area (Å²) in [6.07, 6.45) is 3.26. The van der Waals surface area contributed by atoms with Crippen molar-refractivity contribution in [3.05, 3.63) is 46.8 Å². The summed E-state index contributed by atoms with van der Waals surface area (Å²) in [7, 11) is -2.26. The second-order valence-electron chi connectivity index (χ2n) is 4.35. The number of pyridine rings is 1. The first-order valence-electron chi connectivity index (χ1n) is 5.97. The normalized spacial score (nSPS) is 12.3. The van der Waals surface area contributed by atoms with Crippen molar-refractivity contribution >= 4 is 37.9 Å². The van der Waals surface area contributed by atoms with Crippen LogP contribution in [0.25, 0.3) is 4.96 Å². The zero-order valence-electron chi connectivity index (χ0n) is 11.0. The zero-order chi connectivity index (χ0) is 15.0. The van der Waals surface area contributed by atoms with Crippen molar-refractivity contribution in [2.75, 3.05) is 7.05 Å². The van der Waals surface area contributed by atoms with Crippen molar-refractivity contribution in [1.29, 1.82) is 0 Å². The smallest absolute Gasteiger partial charge is 0.262 e. The van der Waals surface area contributed by atoms with Crippen molar-refractivity contribution in [1.82, 2.24) is 18.7 Å². The molecular formula is C12H11ClN4O2S2. The monoisotopic (exact) mass is 342 g/mol. The minimum atomic E-state index is -3.75. The van der Waals surface area contributed by atoms with Gasteiger partial charge in [-0.3, -0.25) is 9.38 Å². The molecule has 0 saturated carbocycles. The van der Waals surface area contributed by atoms with E-state index in [0.717, 1.165) is 0 Å². The lowest BCUT2D eigenvalue weighted by Gasteiger charge is -2.16. The number of fused-ring (bicyclic) bond motifs is 1. The summed E-state index contributed by atoms with van der Waals surface area (Å²) in [5, 5.41) is 1.73. The Morgan fingerprint density at radius 1 is 1.43 bits per heavy atom. The minimum absolute atomic E-state index is 0.0150. The van der Waals surface area contributed by atoms with Gasteiger partial charge in [-0.2, -0.15) is 4.31 Å². The number of hydrogen-bond donors (Lipinski definition) is 0. The van der Waals surface area contributed by atoms with Crippen LogP contribution in [0.5, 0.6) is 0 Å². The number of halogens is 1. The van der Waals surface area contributed by atoms with Crippen molar-refractivity contribution in [3.63, 3.8) is 0 Å². The standard InChI is InChI=1S/C12H11ClN4O2S2/c1-16(8-9-4-2-3-5-14-9)21(18,19)11-10(13)15-12-17(11)6-7-20-12/h2-7H,8H2,1H3. The fourth-order valence-electron chi connectivity index (χ4n) is 1.92. The van der Waals surface area contributed by atoms with Crippen LogP contribution in [-0.2, 0) is 16.6 Å².